The molecule has 1 rings (SSSR count). The van der Waals surface area contributed by atoms with E-state index >= 15 is 0 Å². The Labute approximate surface area is 118 Å². The quantitative estimate of drug-likeness (QED) is 0.666. The van der Waals surface area contributed by atoms with Crippen LogP contribution in [0.2, 0.25) is 0 Å². The van der Waals surface area contributed by atoms with E-state index < -0.39 is 15.0 Å². The maximum Gasteiger partial charge on any atom is 0.294 e. The van der Waals surface area contributed by atoms with E-state index in [4.69, 9.17) is 4.55 Å². The first-order valence-electron chi connectivity index (χ1n) is 6.25. The monoisotopic (exact) mass is 298 g/mol. The number of ketones is 2. The first kappa shape index (κ1) is 16.5. The second-order valence-corrected chi connectivity index (χ2v) is 6.68. The molecule has 0 heterocycles. The van der Waals surface area contributed by atoms with Crippen LogP contribution in [0.1, 0.15) is 48.4 Å². The maximum absolute atomic E-state index is 12.0. The maximum atomic E-state index is 12.0. The summed E-state index contributed by atoms with van der Waals surface area (Å²) in [6.45, 7) is 6.69. The van der Waals surface area contributed by atoms with Gasteiger partial charge in [-0.25, -0.2) is 0 Å². The molecule has 0 aliphatic heterocycles. The van der Waals surface area contributed by atoms with Crippen molar-refractivity contribution in [2.75, 3.05) is 0 Å². The van der Waals surface area contributed by atoms with Gasteiger partial charge in [-0.3, -0.25) is 14.1 Å². The van der Waals surface area contributed by atoms with Crippen molar-refractivity contribution in [3.63, 3.8) is 0 Å². The Morgan fingerprint density at radius 2 is 1.25 bits per heavy atom. The zero-order chi connectivity index (χ0) is 15.7. The fourth-order valence-corrected chi connectivity index (χ4v) is 2.25. The predicted molar refractivity (Wildman–Crippen MR) is 74.6 cm³/mol. The van der Waals surface area contributed by atoms with Gasteiger partial charge in [-0.1, -0.05) is 27.7 Å². The number of carbonyl (C=O) groups is 2. The fourth-order valence-electron chi connectivity index (χ4n) is 1.70. The van der Waals surface area contributed by atoms with Gasteiger partial charge in [0, 0.05) is 23.0 Å². The molecule has 1 N–H and O–H groups in total. The minimum absolute atomic E-state index is 0.110. The van der Waals surface area contributed by atoms with Crippen molar-refractivity contribution in [1.82, 2.24) is 0 Å². The first-order chi connectivity index (χ1) is 9.04. The van der Waals surface area contributed by atoms with Crippen LogP contribution in [0.4, 0.5) is 0 Å². The Morgan fingerprint density at radius 3 is 1.50 bits per heavy atom. The molecule has 0 aliphatic rings. The Bertz CT molecular complexity index is 603. The molecule has 6 heteroatoms. The van der Waals surface area contributed by atoms with Gasteiger partial charge >= 0.3 is 0 Å². The normalized spacial score (nSPS) is 11.9. The summed E-state index contributed by atoms with van der Waals surface area (Å²) < 4.78 is 31.6. The fraction of sp³-hybridized carbons (Fsp3) is 0.429. The highest BCUT2D eigenvalue weighted by molar-refractivity contribution is 7.85. The van der Waals surface area contributed by atoms with Crippen LogP contribution in [-0.2, 0) is 10.1 Å². The van der Waals surface area contributed by atoms with E-state index in [0.717, 1.165) is 12.1 Å². The molecular formula is C14H18O5S. The highest BCUT2D eigenvalue weighted by Crippen LogP contribution is 2.20. The number of benzene rings is 1. The van der Waals surface area contributed by atoms with E-state index in [9.17, 15) is 18.0 Å². The molecule has 110 valence electrons. The highest BCUT2D eigenvalue weighted by atomic mass is 32.2. The number of Topliss-reactive ketones (excluding diaryl/α,β-unsaturated/α-hetero) is 2. The predicted octanol–water partition coefficient (Wildman–Crippen LogP) is 2.61. The van der Waals surface area contributed by atoms with Gasteiger partial charge in [0.05, 0.1) is 4.90 Å². The smallest absolute Gasteiger partial charge is 0.294 e. The van der Waals surface area contributed by atoms with Crippen molar-refractivity contribution in [2.45, 2.75) is 32.6 Å². The van der Waals surface area contributed by atoms with Gasteiger partial charge in [0.15, 0.2) is 11.6 Å². The number of carbonyl (C=O) groups excluding carboxylic acids is 2. The van der Waals surface area contributed by atoms with E-state index in [2.05, 4.69) is 0 Å². The average molecular weight is 298 g/mol. The van der Waals surface area contributed by atoms with Crippen LogP contribution in [0.25, 0.3) is 0 Å². The molecule has 0 saturated carbocycles. The molecule has 0 spiro atoms. The molecule has 20 heavy (non-hydrogen) atoms. The minimum atomic E-state index is -4.47. The van der Waals surface area contributed by atoms with E-state index in [1.165, 1.54) is 6.07 Å². The third-order valence-corrected chi connectivity index (χ3v) is 3.65. The molecule has 1 aromatic carbocycles. The lowest BCUT2D eigenvalue weighted by atomic mass is 9.95. The van der Waals surface area contributed by atoms with Gasteiger partial charge in [-0.2, -0.15) is 8.42 Å². The SMILES string of the molecule is CC(C)C(=O)c1cc(C(=O)C(C)C)cc(S(=O)(=O)O)c1. The molecule has 0 radical (unpaired) electrons. The molecule has 0 amide bonds. The second-order valence-electron chi connectivity index (χ2n) is 5.26. The van der Waals surface area contributed by atoms with Crippen molar-refractivity contribution in [3.8, 4) is 0 Å². The van der Waals surface area contributed by atoms with Gasteiger partial charge in [0.25, 0.3) is 10.1 Å². The number of rotatable bonds is 5. The third-order valence-electron chi connectivity index (χ3n) is 2.82. The summed E-state index contributed by atoms with van der Waals surface area (Å²) in [5.74, 6) is -1.25. The molecule has 0 fully saturated rings. The summed E-state index contributed by atoms with van der Waals surface area (Å²) in [4.78, 5) is 23.5. The van der Waals surface area contributed by atoms with Crippen LogP contribution < -0.4 is 0 Å². The zero-order valence-corrected chi connectivity index (χ0v) is 12.7. The molecule has 1 aromatic rings. The van der Waals surface area contributed by atoms with Crippen LogP contribution >= 0.6 is 0 Å². The topological polar surface area (TPSA) is 88.5 Å². The van der Waals surface area contributed by atoms with E-state index in [1.807, 2.05) is 0 Å². The van der Waals surface area contributed by atoms with Crippen molar-refractivity contribution in [1.29, 1.82) is 0 Å². The lowest BCUT2D eigenvalue weighted by Crippen LogP contribution is -2.14. The van der Waals surface area contributed by atoms with Gasteiger partial charge in [-0.15, -0.1) is 0 Å². The van der Waals surface area contributed by atoms with Crippen LogP contribution in [0.3, 0.4) is 0 Å². The van der Waals surface area contributed by atoms with Crippen molar-refractivity contribution in [2.24, 2.45) is 11.8 Å². The lowest BCUT2D eigenvalue weighted by molar-refractivity contribution is 0.0938. The van der Waals surface area contributed by atoms with Gasteiger partial charge < -0.3 is 0 Å². The largest absolute Gasteiger partial charge is 0.294 e. The molecule has 0 aliphatic carbocycles. The number of hydrogen-bond acceptors (Lipinski definition) is 4. The first-order valence-corrected chi connectivity index (χ1v) is 7.69. The summed E-state index contributed by atoms with van der Waals surface area (Å²) in [7, 11) is -4.47. The van der Waals surface area contributed by atoms with Gasteiger partial charge in [0.1, 0.15) is 0 Å². The molecule has 0 atom stereocenters. The minimum Gasteiger partial charge on any atom is -0.294 e. The Kier molecular flexibility index (Phi) is 4.83. The van der Waals surface area contributed by atoms with Gasteiger partial charge in [-0.05, 0) is 18.2 Å². The van der Waals surface area contributed by atoms with E-state index in [1.54, 1.807) is 27.7 Å². The number of hydrogen-bond donors (Lipinski definition) is 1. The van der Waals surface area contributed by atoms with Crippen molar-refractivity contribution < 1.29 is 22.6 Å². The molecule has 0 bridgehead atoms. The summed E-state index contributed by atoms with van der Waals surface area (Å²) in [5.41, 5.74) is 0.221. The van der Waals surface area contributed by atoms with Crippen LogP contribution in [-0.4, -0.2) is 24.5 Å². The standard InChI is InChI=1S/C14H18O5S/c1-8(2)13(15)10-5-11(14(16)9(3)4)7-12(6-10)20(17,18)19/h5-9H,1-4H3,(H,17,18,19). The van der Waals surface area contributed by atoms with Crippen LogP contribution in [0, 0.1) is 11.8 Å². The average Bonchev–Trinajstić information content (AvgIpc) is 2.34. The van der Waals surface area contributed by atoms with Crippen LogP contribution in [0.15, 0.2) is 23.1 Å². The van der Waals surface area contributed by atoms with E-state index in [-0.39, 0.29) is 34.5 Å². The molecule has 0 aromatic heterocycles. The summed E-state index contributed by atoms with van der Waals surface area (Å²) in [6.07, 6.45) is 0. The molecule has 0 saturated heterocycles. The Morgan fingerprint density at radius 1 is 0.900 bits per heavy atom. The Hall–Kier alpha value is -1.53. The molecule has 5 nitrogen and oxygen atoms in total. The lowest BCUT2D eigenvalue weighted by Gasteiger charge is -2.10. The Balaban J connectivity index is 3.52. The zero-order valence-electron chi connectivity index (χ0n) is 11.9. The van der Waals surface area contributed by atoms with Crippen molar-refractivity contribution >= 4 is 21.7 Å². The third kappa shape index (κ3) is 3.74. The van der Waals surface area contributed by atoms with E-state index in [0.29, 0.717) is 0 Å². The van der Waals surface area contributed by atoms with Crippen LogP contribution in [0.5, 0.6) is 0 Å². The van der Waals surface area contributed by atoms with Crippen molar-refractivity contribution in [3.05, 3.63) is 29.3 Å². The summed E-state index contributed by atoms with van der Waals surface area (Å²) >= 11 is 0. The second kappa shape index (κ2) is 5.85. The van der Waals surface area contributed by atoms with Gasteiger partial charge in [0.2, 0.25) is 0 Å². The summed E-state index contributed by atoms with van der Waals surface area (Å²) in [6, 6.07) is 3.56. The molecule has 0 unspecified atom stereocenters. The highest BCUT2D eigenvalue weighted by Gasteiger charge is 2.20. The molecular weight excluding hydrogens is 280 g/mol. The summed E-state index contributed by atoms with van der Waals surface area (Å²) in [5, 5.41) is 0.